The maximum Gasteiger partial charge on any atom is 0.0706 e. The Morgan fingerprint density at radius 3 is 2.57 bits per heavy atom. The zero-order valence-corrected chi connectivity index (χ0v) is 9.33. The molecular formula is C11H22N2O. The summed E-state index contributed by atoms with van der Waals surface area (Å²) in [6.07, 6.45) is 3.46. The Balaban J connectivity index is 1.76. The van der Waals surface area contributed by atoms with E-state index >= 15 is 0 Å². The topological polar surface area (TPSA) is 24.5 Å². The van der Waals surface area contributed by atoms with Gasteiger partial charge in [-0.3, -0.25) is 4.90 Å². The van der Waals surface area contributed by atoms with Crippen LogP contribution in [0.15, 0.2) is 0 Å². The maximum atomic E-state index is 5.85. The zero-order chi connectivity index (χ0) is 9.97. The molecule has 2 rings (SSSR count). The summed E-state index contributed by atoms with van der Waals surface area (Å²) in [4.78, 5) is 2.55. The van der Waals surface area contributed by atoms with E-state index in [1.54, 1.807) is 0 Å². The van der Waals surface area contributed by atoms with Crippen molar-refractivity contribution in [3.63, 3.8) is 0 Å². The van der Waals surface area contributed by atoms with Crippen molar-refractivity contribution < 1.29 is 4.74 Å². The molecule has 0 aromatic carbocycles. The van der Waals surface area contributed by atoms with Gasteiger partial charge in [0.25, 0.3) is 0 Å². The van der Waals surface area contributed by atoms with Crippen molar-refractivity contribution in [1.82, 2.24) is 10.2 Å². The standard InChI is InChI=1S/C11H22N2O/c1-3-13(10-6-12-7-10)8-11-5-4-9(2)14-11/h9-12H,3-8H2,1-2H3. The summed E-state index contributed by atoms with van der Waals surface area (Å²) < 4.78 is 5.85. The number of hydrogen-bond donors (Lipinski definition) is 1. The number of ether oxygens (including phenoxy) is 1. The lowest BCUT2D eigenvalue weighted by Crippen LogP contribution is -2.58. The summed E-state index contributed by atoms with van der Waals surface area (Å²) in [6, 6.07) is 0.763. The molecular weight excluding hydrogens is 176 g/mol. The van der Waals surface area contributed by atoms with Gasteiger partial charge in [-0.05, 0) is 26.3 Å². The van der Waals surface area contributed by atoms with Gasteiger partial charge in [0.15, 0.2) is 0 Å². The number of rotatable bonds is 4. The molecule has 2 saturated heterocycles. The van der Waals surface area contributed by atoms with E-state index < -0.39 is 0 Å². The van der Waals surface area contributed by atoms with Gasteiger partial charge in [-0.15, -0.1) is 0 Å². The van der Waals surface area contributed by atoms with Gasteiger partial charge in [-0.25, -0.2) is 0 Å². The van der Waals surface area contributed by atoms with Gasteiger partial charge in [0, 0.05) is 25.7 Å². The average molecular weight is 198 g/mol. The normalized spacial score (nSPS) is 33.6. The molecule has 2 unspecified atom stereocenters. The van der Waals surface area contributed by atoms with Crippen molar-refractivity contribution in [2.45, 2.75) is 44.9 Å². The Hall–Kier alpha value is -0.120. The Morgan fingerprint density at radius 2 is 2.14 bits per heavy atom. The van der Waals surface area contributed by atoms with Crippen LogP contribution in [-0.2, 0) is 4.74 Å². The highest BCUT2D eigenvalue weighted by Crippen LogP contribution is 2.20. The van der Waals surface area contributed by atoms with E-state index in [1.165, 1.54) is 12.8 Å². The van der Waals surface area contributed by atoms with Crippen LogP contribution < -0.4 is 5.32 Å². The molecule has 3 heteroatoms. The second-order valence-electron chi connectivity index (χ2n) is 4.55. The molecule has 0 radical (unpaired) electrons. The summed E-state index contributed by atoms with van der Waals surface area (Å²) in [6.45, 7) is 9.04. The predicted octanol–water partition coefficient (Wildman–Crippen LogP) is 0.848. The highest BCUT2D eigenvalue weighted by molar-refractivity contribution is 4.86. The molecule has 0 bridgehead atoms. The Kier molecular flexibility index (Phi) is 3.42. The SMILES string of the molecule is CCN(CC1CCC(C)O1)C1CNC1. The van der Waals surface area contributed by atoms with E-state index in [2.05, 4.69) is 24.1 Å². The summed E-state index contributed by atoms with van der Waals surface area (Å²) >= 11 is 0. The minimum atomic E-state index is 0.484. The molecule has 2 fully saturated rings. The Bertz CT molecular complexity index is 182. The van der Waals surface area contributed by atoms with Crippen LogP contribution in [0.25, 0.3) is 0 Å². The Morgan fingerprint density at radius 1 is 1.36 bits per heavy atom. The van der Waals surface area contributed by atoms with Crippen LogP contribution in [0.3, 0.4) is 0 Å². The second kappa shape index (κ2) is 4.60. The van der Waals surface area contributed by atoms with Crippen LogP contribution in [0.1, 0.15) is 26.7 Å². The van der Waals surface area contributed by atoms with Crippen LogP contribution in [-0.4, -0.2) is 49.3 Å². The summed E-state index contributed by atoms with van der Waals surface area (Å²) in [7, 11) is 0. The molecule has 1 N–H and O–H groups in total. The van der Waals surface area contributed by atoms with E-state index in [9.17, 15) is 0 Å². The van der Waals surface area contributed by atoms with Crippen LogP contribution in [0.4, 0.5) is 0 Å². The van der Waals surface area contributed by atoms with Gasteiger partial charge in [0.1, 0.15) is 0 Å². The van der Waals surface area contributed by atoms with Crippen LogP contribution in [0.5, 0.6) is 0 Å². The summed E-state index contributed by atoms with van der Waals surface area (Å²) in [5.74, 6) is 0. The lowest BCUT2D eigenvalue weighted by molar-refractivity contribution is 0.0161. The fraction of sp³-hybridized carbons (Fsp3) is 1.00. The molecule has 2 aliphatic rings. The van der Waals surface area contributed by atoms with Crippen molar-refractivity contribution in [3.05, 3.63) is 0 Å². The molecule has 0 spiro atoms. The first kappa shape index (κ1) is 10.4. The van der Waals surface area contributed by atoms with E-state index in [1.807, 2.05) is 0 Å². The lowest BCUT2D eigenvalue weighted by Gasteiger charge is -2.38. The number of nitrogens with one attached hydrogen (secondary N) is 1. The summed E-state index contributed by atoms with van der Waals surface area (Å²) in [5, 5.41) is 3.33. The minimum Gasteiger partial charge on any atom is -0.374 e. The van der Waals surface area contributed by atoms with Gasteiger partial charge < -0.3 is 10.1 Å². The largest absolute Gasteiger partial charge is 0.374 e. The highest BCUT2D eigenvalue weighted by atomic mass is 16.5. The number of hydrogen-bond acceptors (Lipinski definition) is 3. The fourth-order valence-corrected chi connectivity index (χ4v) is 2.35. The molecule has 14 heavy (non-hydrogen) atoms. The lowest BCUT2D eigenvalue weighted by atomic mass is 10.1. The predicted molar refractivity (Wildman–Crippen MR) is 57.5 cm³/mol. The minimum absolute atomic E-state index is 0.484. The molecule has 0 amide bonds. The summed E-state index contributed by atoms with van der Waals surface area (Å²) in [5.41, 5.74) is 0. The third-order valence-electron chi connectivity index (χ3n) is 3.44. The van der Waals surface area contributed by atoms with Crippen molar-refractivity contribution >= 4 is 0 Å². The van der Waals surface area contributed by atoms with Gasteiger partial charge in [0.2, 0.25) is 0 Å². The van der Waals surface area contributed by atoms with Crippen LogP contribution in [0, 0.1) is 0 Å². The van der Waals surface area contributed by atoms with E-state index in [0.29, 0.717) is 12.2 Å². The maximum absolute atomic E-state index is 5.85. The number of likely N-dealkylation sites (N-methyl/N-ethyl adjacent to an activating group) is 1. The van der Waals surface area contributed by atoms with Gasteiger partial charge in [-0.1, -0.05) is 6.92 Å². The van der Waals surface area contributed by atoms with Crippen LogP contribution in [0.2, 0.25) is 0 Å². The van der Waals surface area contributed by atoms with Crippen molar-refractivity contribution in [2.75, 3.05) is 26.2 Å². The molecule has 3 nitrogen and oxygen atoms in total. The van der Waals surface area contributed by atoms with Crippen molar-refractivity contribution in [1.29, 1.82) is 0 Å². The molecule has 0 aromatic rings. The van der Waals surface area contributed by atoms with E-state index in [0.717, 1.165) is 32.2 Å². The first-order chi connectivity index (χ1) is 6.79. The van der Waals surface area contributed by atoms with Gasteiger partial charge >= 0.3 is 0 Å². The highest BCUT2D eigenvalue weighted by Gasteiger charge is 2.28. The van der Waals surface area contributed by atoms with Gasteiger partial charge in [-0.2, -0.15) is 0 Å². The third-order valence-corrected chi connectivity index (χ3v) is 3.44. The molecule has 0 aromatic heterocycles. The third kappa shape index (κ3) is 2.27. The van der Waals surface area contributed by atoms with Crippen molar-refractivity contribution in [3.8, 4) is 0 Å². The fourth-order valence-electron chi connectivity index (χ4n) is 2.35. The number of nitrogens with zero attached hydrogens (tertiary/aromatic N) is 1. The first-order valence-electron chi connectivity index (χ1n) is 5.89. The van der Waals surface area contributed by atoms with Crippen molar-refractivity contribution in [2.24, 2.45) is 0 Å². The molecule has 2 heterocycles. The second-order valence-corrected chi connectivity index (χ2v) is 4.55. The van der Waals surface area contributed by atoms with Crippen LogP contribution >= 0.6 is 0 Å². The Labute approximate surface area is 86.8 Å². The smallest absolute Gasteiger partial charge is 0.0706 e. The quantitative estimate of drug-likeness (QED) is 0.725. The van der Waals surface area contributed by atoms with E-state index in [4.69, 9.17) is 4.74 Å². The van der Waals surface area contributed by atoms with Gasteiger partial charge in [0.05, 0.1) is 12.2 Å². The molecule has 82 valence electrons. The first-order valence-corrected chi connectivity index (χ1v) is 5.89. The molecule has 2 atom stereocenters. The monoisotopic (exact) mass is 198 g/mol. The molecule has 0 saturated carbocycles. The molecule has 0 aliphatic carbocycles. The molecule has 2 aliphatic heterocycles. The van der Waals surface area contributed by atoms with E-state index in [-0.39, 0.29) is 0 Å². The zero-order valence-electron chi connectivity index (χ0n) is 9.33. The average Bonchev–Trinajstić information content (AvgIpc) is 2.47.